The standard InChI is InChI=1S/C14H21ClN2/c1-10-5-3-4-8-17(10)14-7-6-12(11(2)16)9-13(14)15/h6-7,9-11H,3-5,8,16H2,1-2H3/t10-,11-/m0/s1. The zero-order valence-corrected chi connectivity index (χ0v) is 11.4. The van der Waals surface area contributed by atoms with Gasteiger partial charge in [0.2, 0.25) is 0 Å². The Morgan fingerprint density at radius 2 is 2.18 bits per heavy atom. The van der Waals surface area contributed by atoms with Crippen molar-refractivity contribution in [1.82, 2.24) is 0 Å². The number of halogens is 1. The van der Waals surface area contributed by atoms with Crippen molar-refractivity contribution < 1.29 is 0 Å². The smallest absolute Gasteiger partial charge is 0.0642 e. The molecule has 2 N–H and O–H groups in total. The number of benzene rings is 1. The number of nitrogens with two attached hydrogens (primary N) is 1. The highest BCUT2D eigenvalue weighted by atomic mass is 35.5. The Morgan fingerprint density at radius 3 is 2.76 bits per heavy atom. The van der Waals surface area contributed by atoms with Crippen molar-refractivity contribution in [2.24, 2.45) is 5.73 Å². The van der Waals surface area contributed by atoms with Crippen LogP contribution >= 0.6 is 11.6 Å². The topological polar surface area (TPSA) is 29.3 Å². The predicted octanol–water partition coefficient (Wildman–Crippen LogP) is 3.74. The molecule has 0 bridgehead atoms. The largest absolute Gasteiger partial charge is 0.368 e. The van der Waals surface area contributed by atoms with Crippen molar-refractivity contribution in [1.29, 1.82) is 0 Å². The van der Waals surface area contributed by atoms with Gasteiger partial charge in [-0.3, -0.25) is 0 Å². The van der Waals surface area contributed by atoms with Crippen molar-refractivity contribution in [3.63, 3.8) is 0 Å². The Hall–Kier alpha value is -0.730. The predicted molar refractivity (Wildman–Crippen MR) is 74.7 cm³/mol. The van der Waals surface area contributed by atoms with Crippen LogP contribution in [0.25, 0.3) is 0 Å². The zero-order chi connectivity index (χ0) is 12.4. The van der Waals surface area contributed by atoms with E-state index in [0.717, 1.165) is 22.8 Å². The SMILES string of the molecule is C[C@H](N)c1ccc(N2CCCC[C@@H]2C)c(Cl)c1. The molecule has 0 amide bonds. The lowest BCUT2D eigenvalue weighted by Crippen LogP contribution is -2.37. The lowest BCUT2D eigenvalue weighted by molar-refractivity contribution is 0.485. The summed E-state index contributed by atoms with van der Waals surface area (Å²) in [6.45, 7) is 5.36. The molecule has 2 atom stereocenters. The Balaban J connectivity index is 2.26. The maximum Gasteiger partial charge on any atom is 0.0642 e. The van der Waals surface area contributed by atoms with Crippen molar-refractivity contribution in [2.45, 2.75) is 45.2 Å². The second-order valence-electron chi connectivity index (χ2n) is 5.04. The quantitative estimate of drug-likeness (QED) is 0.869. The molecule has 1 aliphatic rings. The molecule has 0 aliphatic carbocycles. The maximum absolute atomic E-state index is 6.37. The molecule has 1 heterocycles. The van der Waals surface area contributed by atoms with E-state index >= 15 is 0 Å². The molecule has 1 aromatic rings. The second kappa shape index (κ2) is 5.28. The Kier molecular flexibility index (Phi) is 3.95. The van der Waals surface area contributed by atoms with Crippen LogP contribution in [0, 0.1) is 0 Å². The monoisotopic (exact) mass is 252 g/mol. The molecule has 2 nitrogen and oxygen atoms in total. The minimum absolute atomic E-state index is 0.0420. The van der Waals surface area contributed by atoms with Gasteiger partial charge in [0.25, 0.3) is 0 Å². The summed E-state index contributed by atoms with van der Waals surface area (Å²) < 4.78 is 0. The van der Waals surface area contributed by atoms with Crippen LogP contribution in [0.5, 0.6) is 0 Å². The van der Waals surface area contributed by atoms with E-state index in [1.54, 1.807) is 0 Å². The summed E-state index contributed by atoms with van der Waals surface area (Å²) in [5, 5.41) is 0.827. The summed E-state index contributed by atoms with van der Waals surface area (Å²) in [7, 11) is 0. The highest BCUT2D eigenvalue weighted by molar-refractivity contribution is 6.33. The maximum atomic E-state index is 6.37. The second-order valence-corrected chi connectivity index (χ2v) is 5.44. The van der Waals surface area contributed by atoms with Gasteiger partial charge in [0.15, 0.2) is 0 Å². The lowest BCUT2D eigenvalue weighted by atomic mass is 10.0. The van der Waals surface area contributed by atoms with Gasteiger partial charge in [0.1, 0.15) is 0 Å². The Bertz CT molecular complexity index is 390. The van der Waals surface area contributed by atoms with Crippen molar-refractivity contribution in [3.05, 3.63) is 28.8 Å². The van der Waals surface area contributed by atoms with Crippen LogP contribution in [0.2, 0.25) is 5.02 Å². The number of hydrogen-bond donors (Lipinski definition) is 1. The molecule has 94 valence electrons. The number of piperidine rings is 1. The fourth-order valence-corrected chi connectivity index (χ4v) is 2.79. The van der Waals surface area contributed by atoms with E-state index in [1.165, 1.54) is 19.3 Å². The van der Waals surface area contributed by atoms with Crippen LogP contribution in [0.3, 0.4) is 0 Å². The molecule has 2 rings (SSSR count). The van der Waals surface area contributed by atoms with Gasteiger partial charge in [-0.25, -0.2) is 0 Å². The first-order valence-electron chi connectivity index (χ1n) is 6.41. The summed E-state index contributed by atoms with van der Waals surface area (Å²) in [6.07, 6.45) is 3.84. The van der Waals surface area contributed by atoms with Gasteiger partial charge < -0.3 is 10.6 Å². The van der Waals surface area contributed by atoms with E-state index in [0.29, 0.717) is 6.04 Å². The van der Waals surface area contributed by atoms with Crippen molar-refractivity contribution in [2.75, 3.05) is 11.4 Å². The third-order valence-corrected chi connectivity index (χ3v) is 3.91. The molecule has 1 aromatic carbocycles. The molecule has 1 aliphatic heterocycles. The van der Waals surface area contributed by atoms with Gasteiger partial charge in [-0.1, -0.05) is 17.7 Å². The van der Waals surface area contributed by atoms with Gasteiger partial charge >= 0.3 is 0 Å². The molecule has 1 saturated heterocycles. The first kappa shape index (κ1) is 12.7. The molecule has 0 radical (unpaired) electrons. The molecule has 3 heteroatoms. The van der Waals surface area contributed by atoms with E-state index in [2.05, 4.69) is 24.0 Å². The third-order valence-electron chi connectivity index (χ3n) is 3.61. The van der Waals surface area contributed by atoms with E-state index in [9.17, 15) is 0 Å². The average Bonchev–Trinajstić information content (AvgIpc) is 2.30. The van der Waals surface area contributed by atoms with Crippen LogP contribution in [0.1, 0.15) is 44.7 Å². The highest BCUT2D eigenvalue weighted by Crippen LogP contribution is 2.32. The first-order valence-corrected chi connectivity index (χ1v) is 6.79. The molecule has 0 saturated carbocycles. The van der Waals surface area contributed by atoms with Gasteiger partial charge in [0.05, 0.1) is 10.7 Å². The van der Waals surface area contributed by atoms with Gasteiger partial charge in [0, 0.05) is 18.6 Å². The summed E-state index contributed by atoms with van der Waals surface area (Å²) >= 11 is 6.37. The summed E-state index contributed by atoms with van der Waals surface area (Å²) in [6, 6.07) is 6.83. The molecule has 17 heavy (non-hydrogen) atoms. The lowest BCUT2D eigenvalue weighted by Gasteiger charge is -2.36. The number of rotatable bonds is 2. The van der Waals surface area contributed by atoms with E-state index in [-0.39, 0.29) is 6.04 Å². The van der Waals surface area contributed by atoms with E-state index < -0.39 is 0 Å². The third kappa shape index (κ3) is 2.75. The fraction of sp³-hybridized carbons (Fsp3) is 0.571. The minimum atomic E-state index is 0.0420. The van der Waals surface area contributed by atoms with Crippen LogP contribution < -0.4 is 10.6 Å². The Labute approximate surface area is 109 Å². The Morgan fingerprint density at radius 1 is 1.41 bits per heavy atom. The van der Waals surface area contributed by atoms with E-state index in [4.69, 9.17) is 17.3 Å². The summed E-state index contributed by atoms with van der Waals surface area (Å²) in [4.78, 5) is 2.41. The summed E-state index contributed by atoms with van der Waals surface area (Å²) in [5.41, 5.74) is 8.12. The minimum Gasteiger partial charge on any atom is -0.368 e. The highest BCUT2D eigenvalue weighted by Gasteiger charge is 2.20. The fourth-order valence-electron chi connectivity index (χ4n) is 2.50. The number of anilines is 1. The molecular weight excluding hydrogens is 232 g/mol. The summed E-state index contributed by atoms with van der Waals surface area (Å²) in [5.74, 6) is 0. The molecule has 1 fully saturated rings. The average molecular weight is 253 g/mol. The molecule has 0 unspecified atom stereocenters. The normalized spacial score (nSPS) is 22.6. The van der Waals surface area contributed by atoms with Crippen molar-refractivity contribution >= 4 is 17.3 Å². The number of nitrogens with zero attached hydrogens (tertiary/aromatic N) is 1. The number of hydrogen-bond acceptors (Lipinski definition) is 2. The van der Waals surface area contributed by atoms with Gasteiger partial charge in [-0.15, -0.1) is 0 Å². The molecule has 0 aromatic heterocycles. The van der Waals surface area contributed by atoms with Crippen LogP contribution in [-0.4, -0.2) is 12.6 Å². The van der Waals surface area contributed by atoms with Crippen LogP contribution in [-0.2, 0) is 0 Å². The first-order chi connectivity index (χ1) is 8.09. The zero-order valence-electron chi connectivity index (χ0n) is 10.6. The van der Waals surface area contributed by atoms with Gasteiger partial charge in [-0.05, 0) is 50.8 Å². The molecule has 0 spiro atoms. The van der Waals surface area contributed by atoms with Crippen LogP contribution in [0.15, 0.2) is 18.2 Å². The van der Waals surface area contributed by atoms with E-state index in [1.807, 2.05) is 13.0 Å². The van der Waals surface area contributed by atoms with Crippen molar-refractivity contribution in [3.8, 4) is 0 Å². The van der Waals surface area contributed by atoms with Crippen LogP contribution in [0.4, 0.5) is 5.69 Å². The molecular formula is C14H21ClN2. The van der Waals surface area contributed by atoms with Gasteiger partial charge in [-0.2, -0.15) is 0 Å².